The fraction of sp³-hybridized carbons (Fsp3) is 0.385. The zero-order chi connectivity index (χ0) is 14.4. The molecular formula is C13H15Cl2N3O2. The molecule has 5 nitrogen and oxygen atoms in total. The van der Waals surface area contributed by atoms with Gasteiger partial charge < -0.3 is 4.74 Å². The molecule has 1 saturated heterocycles. The van der Waals surface area contributed by atoms with Crippen molar-refractivity contribution in [1.82, 2.24) is 10.3 Å². The highest BCUT2D eigenvalue weighted by molar-refractivity contribution is 6.36. The molecule has 1 amide bonds. The Kier molecular flexibility index (Phi) is 5.79. The molecule has 1 aliphatic rings. The van der Waals surface area contributed by atoms with Crippen LogP contribution < -0.4 is 5.43 Å². The Hall–Kier alpha value is -1.14. The number of hydrogen-bond donors (Lipinski definition) is 1. The molecule has 1 aliphatic heterocycles. The van der Waals surface area contributed by atoms with Gasteiger partial charge >= 0.3 is 0 Å². The standard InChI is InChI=1S/C13H15Cl2N3O2/c14-11-2-1-10(12(15)7-11)8-16-17-13(19)9-18-3-5-20-6-4-18/h1-2,7-8H,3-6,9H2,(H,17,19). The number of amides is 1. The van der Waals surface area contributed by atoms with Crippen LogP contribution in [-0.4, -0.2) is 49.9 Å². The van der Waals surface area contributed by atoms with Gasteiger partial charge in [0.1, 0.15) is 0 Å². The molecule has 20 heavy (non-hydrogen) atoms. The van der Waals surface area contributed by atoms with Gasteiger partial charge in [0.15, 0.2) is 0 Å². The fourth-order valence-corrected chi connectivity index (χ4v) is 2.24. The normalized spacial score (nSPS) is 16.5. The van der Waals surface area contributed by atoms with Crippen LogP contribution in [0.2, 0.25) is 10.0 Å². The minimum Gasteiger partial charge on any atom is -0.379 e. The molecule has 0 aromatic heterocycles. The molecule has 0 saturated carbocycles. The van der Waals surface area contributed by atoms with Gasteiger partial charge in [0, 0.05) is 23.7 Å². The minimum atomic E-state index is -0.159. The van der Waals surface area contributed by atoms with Crippen LogP contribution in [0.1, 0.15) is 5.56 Å². The molecule has 0 atom stereocenters. The van der Waals surface area contributed by atoms with Crippen molar-refractivity contribution < 1.29 is 9.53 Å². The van der Waals surface area contributed by atoms with E-state index in [0.717, 1.165) is 13.1 Å². The number of hydrazone groups is 1. The highest BCUT2D eigenvalue weighted by Gasteiger charge is 2.13. The number of nitrogens with one attached hydrogen (secondary N) is 1. The third kappa shape index (κ3) is 4.76. The number of rotatable bonds is 4. The van der Waals surface area contributed by atoms with Crippen molar-refractivity contribution >= 4 is 35.3 Å². The first kappa shape index (κ1) is 15.3. The van der Waals surface area contributed by atoms with Gasteiger partial charge in [-0.3, -0.25) is 9.69 Å². The lowest BCUT2D eigenvalue weighted by molar-refractivity contribution is -0.123. The highest BCUT2D eigenvalue weighted by Crippen LogP contribution is 2.19. The summed E-state index contributed by atoms with van der Waals surface area (Å²) in [6.45, 7) is 3.17. The summed E-state index contributed by atoms with van der Waals surface area (Å²) in [6.07, 6.45) is 1.50. The lowest BCUT2D eigenvalue weighted by atomic mass is 10.2. The highest BCUT2D eigenvalue weighted by atomic mass is 35.5. The van der Waals surface area contributed by atoms with Gasteiger partial charge in [-0.2, -0.15) is 5.10 Å². The summed E-state index contributed by atoms with van der Waals surface area (Å²) in [5.41, 5.74) is 3.17. The Morgan fingerprint density at radius 3 is 2.85 bits per heavy atom. The Bertz CT molecular complexity index is 502. The van der Waals surface area contributed by atoms with E-state index in [4.69, 9.17) is 27.9 Å². The SMILES string of the molecule is O=C(CN1CCOCC1)NN=Cc1ccc(Cl)cc1Cl. The lowest BCUT2D eigenvalue weighted by Crippen LogP contribution is -2.42. The average Bonchev–Trinajstić information content (AvgIpc) is 2.42. The van der Waals surface area contributed by atoms with Crippen molar-refractivity contribution in [1.29, 1.82) is 0 Å². The van der Waals surface area contributed by atoms with Gasteiger partial charge in [-0.25, -0.2) is 5.43 Å². The summed E-state index contributed by atoms with van der Waals surface area (Å²) in [4.78, 5) is 13.7. The molecule has 0 aliphatic carbocycles. The average molecular weight is 316 g/mol. The van der Waals surface area contributed by atoms with E-state index in [9.17, 15) is 4.79 Å². The second-order valence-electron chi connectivity index (χ2n) is 4.35. The molecule has 0 spiro atoms. The first-order chi connectivity index (χ1) is 9.65. The molecule has 2 rings (SSSR count). The first-order valence-electron chi connectivity index (χ1n) is 6.22. The summed E-state index contributed by atoms with van der Waals surface area (Å²) in [5.74, 6) is -0.159. The second kappa shape index (κ2) is 7.59. The number of carbonyl (C=O) groups is 1. The van der Waals surface area contributed by atoms with E-state index < -0.39 is 0 Å². The van der Waals surface area contributed by atoms with E-state index in [0.29, 0.717) is 35.4 Å². The van der Waals surface area contributed by atoms with Gasteiger partial charge in [0.25, 0.3) is 5.91 Å². The number of carbonyl (C=O) groups excluding carboxylic acids is 1. The Balaban J connectivity index is 1.81. The van der Waals surface area contributed by atoms with Gasteiger partial charge in [-0.1, -0.05) is 29.3 Å². The molecule has 1 aromatic rings. The molecule has 108 valence electrons. The van der Waals surface area contributed by atoms with Crippen LogP contribution in [0.3, 0.4) is 0 Å². The van der Waals surface area contributed by atoms with E-state index in [1.54, 1.807) is 18.2 Å². The van der Waals surface area contributed by atoms with E-state index in [1.165, 1.54) is 6.21 Å². The van der Waals surface area contributed by atoms with Gasteiger partial charge in [-0.15, -0.1) is 0 Å². The molecule has 7 heteroatoms. The predicted molar refractivity (Wildman–Crippen MR) is 79.5 cm³/mol. The second-order valence-corrected chi connectivity index (χ2v) is 5.19. The number of benzene rings is 1. The van der Waals surface area contributed by atoms with Crippen LogP contribution in [0, 0.1) is 0 Å². The van der Waals surface area contributed by atoms with Crippen LogP contribution in [-0.2, 0) is 9.53 Å². The summed E-state index contributed by atoms with van der Waals surface area (Å²) in [7, 11) is 0. The van der Waals surface area contributed by atoms with Crippen molar-refractivity contribution in [2.75, 3.05) is 32.8 Å². The van der Waals surface area contributed by atoms with Crippen molar-refractivity contribution in [2.24, 2.45) is 5.10 Å². The van der Waals surface area contributed by atoms with E-state index in [1.807, 2.05) is 4.90 Å². The zero-order valence-electron chi connectivity index (χ0n) is 10.8. The third-order valence-electron chi connectivity index (χ3n) is 2.83. The number of hydrogen-bond acceptors (Lipinski definition) is 4. The van der Waals surface area contributed by atoms with Crippen LogP contribution in [0.4, 0.5) is 0 Å². The Morgan fingerprint density at radius 1 is 1.40 bits per heavy atom. The quantitative estimate of drug-likeness (QED) is 0.680. The Morgan fingerprint density at radius 2 is 2.15 bits per heavy atom. The monoisotopic (exact) mass is 315 g/mol. The summed E-state index contributed by atoms with van der Waals surface area (Å²) in [6, 6.07) is 5.08. The van der Waals surface area contributed by atoms with Crippen molar-refractivity contribution in [3.63, 3.8) is 0 Å². The maximum absolute atomic E-state index is 11.7. The van der Waals surface area contributed by atoms with E-state index >= 15 is 0 Å². The summed E-state index contributed by atoms with van der Waals surface area (Å²) >= 11 is 11.8. The van der Waals surface area contributed by atoms with Gasteiger partial charge in [0.2, 0.25) is 0 Å². The molecule has 1 aromatic carbocycles. The topological polar surface area (TPSA) is 53.9 Å². The van der Waals surface area contributed by atoms with Gasteiger partial charge in [0.05, 0.1) is 31.0 Å². The van der Waals surface area contributed by atoms with Crippen molar-refractivity contribution in [2.45, 2.75) is 0 Å². The minimum absolute atomic E-state index is 0.159. The molecule has 0 radical (unpaired) electrons. The van der Waals surface area contributed by atoms with Crippen LogP contribution in [0.15, 0.2) is 23.3 Å². The van der Waals surface area contributed by atoms with Crippen molar-refractivity contribution in [3.8, 4) is 0 Å². The first-order valence-corrected chi connectivity index (χ1v) is 6.98. The van der Waals surface area contributed by atoms with Crippen LogP contribution in [0.5, 0.6) is 0 Å². The number of nitrogens with zero attached hydrogens (tertiary/aromatic N) is 2. The third-order valence-corrected chi connectivity index (χ3v) is 3.39. The zero-order valence-corrected chi connectivity index (χ0v) is 12.3. The smallest absolute Gasteiger partial charge is 0.254 e. The largest absolute Gasteiger partial charge is 0.379 e. The molecule has 1 fully saturated rings. The van der Waals surface area contributed by atoms with Crippen LogP contribution in [0.25, 0.3) is 0 Å². The number of ether oxygens (including phenoxy) is 1. The molecular weight excluding hydrogens is 301 g/mol. The lowest BCUT2D eigenvalue weighted by Gasteiger charge is -2.25. The fourth-order valence-electron chi connectivity index (χ4n) is 1.78. The Labute approximate surface area is 127 Å². The van der Waals surface area contributed by atoms with E-state index in [-0.39, 0.29) is 5.91 Å². The number of morpholine rings is 1. The maximum Gasteiger partial charge on any atom is 0.254 e. The molecule has 1 N–H and O–H groups in total. The van der Waals surface area contributed by atoms with Gasteiger partial charge in [-0.05, 0) is 12.1 Å². The molecule has 0 bridgehead atoms. The molecule has 0 unspecified atom stereocenters. The predicted octanol–water partition coefficient (Wildman–Crippen LogP) is 1.78. The maximum atomic E-state index is 11.7. The van der Waals surface area contributed by atoms with Crippen molar-refractivity contribution in [3.05, 3.63) is 33.8 Å². The van der Waals surface area contributed by atoms with Crippen LogP contribution >= 0.6 is 23.2 Å². The number of halogens is 2. The molecule has 1 heterocycles. The van der Waals surface area contributed by atoms with E-state index in [2.05, 4.69) is 10.5 Å². The summed E-state index contributed by atoms with van der Waals surface area (Å²) < 4.78 is 5.21. The summed E-state index contributed by atoms with van der Waals surface area (Å²) in [5, 5.41) is 4.94.